The van der Waals surface area contributed by atoms with Crippen LogP contribution in [0, 0.1) is 5.41 Å². The van der Waals surface area contributed by atoms with Gasteiger partial charge in [0.1, 0.15) is 0 Å². The smallest absolute Gasteiger partial charge is 0.00729 e. The third-order valence-corrected chi connectivity index (χ3v) is 3.55. The highest BCUT2D eigenvalue weighted by Gasteiger charge is 2.22. The molecule has 0 unspecified atom stereocenters. The zero-order chi connectivity index (χ0) is 10.4. The Bertz CT molecular complexity index is 153. The molecule has 0 aromatic carbocycles. The van der Waals surface area contributed by atoms with Gasteiger partial charge in [0, 0.05) is 37.7 Å². The van der Waals surface area contributed by atoms with Crippen LogP contribution in [0.5, 0.6) is 0 Å². The largest absolute Gasteiger partial charge is 0.316 e. The maximum Gasteiger partial charge on any atom is 0.00729 e. The molecule has 0 radical (unpaired) electrons. The van der Waals surface area contributed by atoms with Crippen LogP contribution in [-0.2, 0) is 0 Å². The van der Waals surface area contributed by atoms with Crippen molar-refractivity contribution in [1.82, 2.24) is 10.2 Å². The van der Waals surface area contributed by atoms with E-state index in [-0.39, 0.29) is 0 Å². The van der Waals surface area contributed by atoms with E-state index >= 15 is 0 Å². The minimum atomic E-state index is 0.415. The lowest BCUT2D eigenvalue weighted by Crippen LogP contribution is -2.43. The molecule has 1 aliphatic heterocycles. The van der Waals surface area contributed by atoms with E-state index in [1.165, 1.54) is 31.1 Å². The summed E-state index contributed by atoms with van der Waals surface area (Å²) in [5, 5.41) is 3.45. The number of nitrogens with zero attached hydrogens (tertiary/aromatic N) is 1. The van der Waals surface area contributed by atoms with Crippen molar-refractivity contribution in [3.8, 4) is 0 Å². The maximum atomic E-state index is 3.45. The number of thioether (sulfide) groups is 1. The summed E-state index contributed by atoms with van der Waals surface area (Å²) in [5.41, 5.74) is 0.415. The monoisotopic (exact) mass is 216 g/mol. The normalized spacial score (nSPS) is 19.9. The average molecular weight is 216 g/mol. The molecule has 0 spiro atoms. The minimum absolute atomic E-state index is 0.415. The van der Waals surface area contributed by atoms with E-state index in [0.29, 0.717) is 5.41 Å². The van der Waals surface area contributed by atoms with Crippen LogP contribution in [0.25, 0.3) is 0 Å². The van der Waals surface area contributed by atoms with Crippen molar-refractivity contribution in [2.24, 2.45) is 5.41 Å². The second-order valence-corrected chi connectivity index (χ2v) is 6.06. The lowest BCUT2D eigenvalue weighted by Gasteiger charge is -2.34. The molecular weight excluding hydrogens is 192 g/mol. The average Bonchev–Trinajstić information content (AvgIpc) is 2.16. The zero-order valence-corrected chi connectivity index (χ0v) is 10.6. The summed E-state index contributed by atoms with van der Waals surface area (Å²) in [6.07, 6.45) is 0. The molecule has 1 heterocycles. The molecule has 0 saturated carbocycles. The Hall–Kier alpha value is 0.270. The van der Waals surface area contributed by atoms with Crippen molar-refractivity contribution in [3.63, 3.8) is 0 Å². The predicted molar refractivity (Wildman–Crippen MR) is 66.1 cm³/mol. The molecule has 1 saturated heterocycles. The van der Waals surface area contributed by atoms with Crippen LogP contribution in [0.3, 0.4) is 0 Å². The summed E-state index contributed by atoms with van der Waals surface area (Å²) in [5.74, 6) is 2.63. The van der Waals surface area contributed by atoms with Crippen LogP contribution in [0.4, 0.5) is 0 Å². The van der Waals surface area contributed by atoms with Gasteiger partial charge in [-0.25, -0.2) is 0 Å². The van der Waals surface area contributed by atoms with Gasteiger partial charge in [0.2, 0.25) is 0 Å². The fourth-order valence-electron chi connectivity index (χ4n) is 1.88. The molecule has 84 valence electrons. The van der Waals surface area contributed by atoms with Gasteiger partial charge >= 0.3 is 0 Å². The number of hydrogen-bond donors (Lipinski definition) is 1. The molecule has 0 amide bonds. The molecule has 1 fully saturated rings. The highest BCUT2D eigenvalue weighted by atomic mass is 32.2. The first kappa shape index (κ1) is 12.3. The summed E-state index contributed by atoms with van der Waals surface area (Å²) >= 11 is 2.09. The summed E-state index contributed by atoms with van der Waals surface area (Å²) in [6.45, 7) is 12.9. The van der Waals surface area contributed by atoms with E-state index in [2.05, 4.69) is 42.7 Å². The lowest BCUT2D eigenvalue weighted by molar-refractivity contribution is 0.188. The second-order valence-electron chi connectivity index (χ2n) is 4.83. The van der Waals surface area contributed by atoms with Crippen molar-refractivity contribution < 1.29 is 0 Å². The molecular formula is C11H24N2S. The molecule has 2 nitrogen and oxygen atoms in total. The Morgan fingerprint density at radius 1 is 1.29 bits per heavy atom. The molecule has 14 heavy (non-hydrogen) atoms. The summed E-state index contributed by atoms with van der Waals surface area (Å²) in [6, 6.07) is 0. The number of rotatable bonds is 5. The minimum Gasteiger partial charge on any atom is -0.316 e. The number of nitrogens with one attached hydrogen (secondary N) is 1. The van der Waals surface area contributed by atoms with Gasteiger partial charge in [-0.15, -0.1) is 0 Å². The van der Waals surface area contributed by atoms with Gasteiger partial charge in [-0.05, 0) is 12.0 Å². The topological polar surface area (TPSA) is 15.3 Å². The van der Waals surface area contributed by atoms with Crippen LogP contribution in [0.1, 0.15) is 20.8 Å². The summed E-state index contributed by atoms with van der Waals surface area (Å²) in [7, 11) is 0. The standard InChI is InChI=1S/C11H24N2S/c1-4-12-9-11(2,3)10-13-5-7-14-8-6-13/h12H,4-10H2,1-3H3. The van der Waals surface area contributed by atoms with Crippen molar-refractivity contribution in [2.75, 3.05) is 44.2 Å². The van der Waals surface area contributed by atoms with Gasteiger partial charge in [-0.3, -0.25) is 0 Å². The van der Waals surface area contributed by atoms with Gasteiger partial charge in [0.15, 0.2) is 0 Å². The Morgan fingerprint density at radius 3 is 2.50 bits per heavy atom. The van der Waals surface area contributed by atoms with Gasteiger partial charge < -0.3 is 10.2 Å². The van der Waals surface area contributed by atoms with Crippen LogP contribution < -0.4 is 5.32 Å². The van der Waals surface area contributed by atoms with E-state index in [9.17, 15) is 0 Å². The third kappa shape index (κ3) is 4.67. The Kier molecular flexibility index (Phi) is 5.28. The van der Waals surface area contributed by atoms with Gasteiger partial charge in [-0.1, -0.05) is 20.8 Å². The van der Waals surface area contributed by atoms with Gasteiger partial charge in [0.05, 0.1) is 0 Å². The first-order valence-electron chi connectivity index (χ1n) is 5.65. The van der Waals surface area contributed by atoms with E-state index in [1.54, 1.807) is 0 Å². The van der Waals surface area contributed by atoms with E-state index in [4.69, 9.17) is 0 Å². The Morgan fingerprint density at radius 2 is 1.93 bits per heavy atom. The van der Waals surface area contributed by atoms with Crippen LogP contribution in [0.2, 0.25) is 0 Å². The molecule has 1 rings (SSSR count). The fourth-order valence-corrected chi connectivity index (χ4v) is 2.86. The molecule has 0 aromatic heterocycles. The molecule has 3 heteroatoms. The van der Waals surface area contributed by atoms with E-state index < -0.39 is 0 Å². The van der Waals surface area contributed by atoms with Gasteiger partial charge in [0.25, 0.3) is 0 Å². The van der Waals surface area contributed by atoms with Gasteiger partial charge in [-0.2, -0.15) is 11.8 Å². The Labute approximate surface area is 92.8 Å². The molecule has 0 aromatic rings. The highest BCUT2D eigenvalue weighted by molar-refractivity contribution is 7.99. The van der Waals surface area contributed by atoms with E-state index in [1.807, 2.05) is 0 Å². The lowest BCUT2D eigenvalue weighted by atomic mass is 9.92. The summed E-state index contributed by atoms with van der Waals surface area (Å²) < 4.78 is 0. The van der Waals surface area contributed by atoms with Crippen molar-refractivity contribution in [2.45, 2.75) is 20.8 Å². The zero-order valence-electron chi connectivity index (χ0n) is 9.81. The molecule has 0 bridgehead atoms. The molecule has 1 aliphatic rings. The van der Waals surface area contributed by atoms with E-state index in [0.717, 1.165) is 13.1 Å². The van der Waals surface area contributed by atoms with Crippen molar-refractivity contribution in [3.05, 3.63) is 0 Å². The SMILES string of the molecule is CCNCC(C)(C)CN1CCSCC1. The maximum absolute atomic E-state index is 3.45. The number of hydrogen-bond acceptors (Lipinski definition) is 3. The van der Waals surface area contributed by atoms with Crippen LogP contribution >= 0.6 is 11.8 Å². The Balaban J connectivity index is 2.25. The second kappa shape index (κ2) is 5.99. The molecule has 0 aliphatic carbocycles. The quantitative estimate of drug-likeness (QED) is 0.752. The van der Waals surface area contributed by atoms with Crippen molar-refractivity contribution in [1.29, 1.82) is 0 Å². The third-order valence-electron chi connectivity index (χ3n) is 2.61. The van der Waals surface area contributed by atoms with Crippen LogP contribution in [-0.4, -0.2) is 49.1 Å². The van der Waals surface area contributed by atoms with Crippen molar-refractivity contribution >= 4 is 11.8 Å². The van der Waals surface area contributed by atoms with Crippen LogP contribution in [0.15, 0.2) is 0 Å². The first-order chi connectivity index (χ1) is 6.64. The molecule has 0 atom stereocenters. The first-order valence-corrected chi connectivity index (χ1v) is 6.80. The predicted octanol–water partition coefficient (Wildman–Crippen LogP) is 1.67. The fraction of sp³-hybridized carbons (Fsp3) is 1.00. The summed E-state index contributed by atoms with van der Waals surface area (Å²) in [4.78, 5) is 2.60. The molecule has 1 N–H and O–H groups in total. The highest BCUT2D eigenvalue weighted by Crippen LogP contribution is 2.18.